The van der Waals surface area contributed by atoms with Crippen LogP contribution in [0.1, 0.15) is 32.3 Å². The minimum absolute atomic E-state index is 0.0329. The second-order valence-electron chi connectivity index (χ2n) is 6.09. The lowest BCUT2D eigenvalue weighted by atomic mass is 9.99. The second-order valence-corrected chi connectivity index (χ2v) is 6.09. The molecule has 0 aliphatic heterocycles. The number of nitrogens with one attached hydrogen (secondary N) is 2. The summed E-state index contributed by atoms with van der Waals surface area (Å²) in [5.74, 6) is -1.60. The van der Waals surface area contributed by atoms with Crippen LogP contribution in [-0.4, -0.2) is 47.5 Å². The summed E-state index contributed by atoms with van der Waals surface area (Å²) in [4.78, 5) is 36.6. The highest BCUT2D eigenvalue weighted by atomic mass is 16.4. The molecule has 25 heavy (non-hydrogen) atoms. The van der Waals surface area contributed by atoms with Crippen molar-refractivity contribution in [3.05, 3.63) is 35.9 Å². The minimum Gasteiger partial charge on any atom is -0.480 e. The third kappa shape index (κ3) is 7.24. The molecule has 0 spiro atoms. The summed E-state index contributed by atoms with van der Waals surface area (Å²) < 4.78 is 0. The molecule has 1 aromatic carbocycles. The third-order valence-corrected chi connectivity index (χ3v) is 4.03. The van der Waals surface area contributed by atoms with Crippen LogP contribution in [0, 0.1) is 5.92 Å². The van der Waals surface area contributed by atoms with Gasteiger partial charge in [-0.25, -0.2) is 9.59 Å². The maximum atomic E-state index is 12.0. The van der Waals surface area contributed by atoms with Crippen molar-refractivity contribution in [1.29, 1.82) is 0 Å². The Bertz CT molecular complexity index is 577. The van der Waals surface area contributed by atoms with Gasteiger partial charge in [0.05, 0.1) is 0 Å². The molecule has 138 valence electrons. The first-order chi connectivity index (χ1) is 11.8. The Balaban J connectivity index is 2.36. The van der Waals surface area contributed by atoms with Crippen LogP contribution in [0.4, 0.5) is 4.79 Å². The van der Waals surface area contributed by atoms with Crippen LogP contribution in [0.2, 0.25) is 0 Å². The highest BCUT2D eigenvalue weighted by Crippen LogP contribution is 2.08. The second kappa shape index (κ2) is 10.3. The molecular formula is C18H27N3O4. The number of hydrogen-bond acceptors (Lipinski definition) is 3. The van der Waals surface area contributed by atoms with Crippen molar-refractivity contribution in [1.82, 2.24) is 15.5 Å². The van der Waals surface area contributed by atoms with Crippen LogP contribution >= 0.6 is 0 Å². The number of aliphatic carboxylic acids is 1. The first-order valence-electron chi connectivity index (χ1n) is 8.40. The van der Waals surface area contributed by atoms with Gasteiger partial charge in [-0.05, 0) is 11.5 Å². The molecule has 2 unspecified atom stereocenters. The van der Waals surface area contributed by atoms with E-state index in [1.807, 2.05) is 37.3 Å². The molecule has 0 fully saturated rings. The van der Waals surface area contributed by atoms with E-state index < -0.39 is 17.9 Å². The number of rotatable bonds is 9. The zero-order valence-corrected chi connectivity index (χ0v) is 15.0. The molecule has 1 rings (SSSR count). The van der Waals surface area contributed by atoms with Crippen LogP contribution in [0.5, 0.6) is 0 Å². The Morgan fingerprint density at radius 3 is 2.40 bits per heavy atom. The Morgan fingerprint density at radius 1 is 1.20 bits per heavy atom. The normalized spacial score (nSPS) is 12.8. The standard InChI is InChI=1S/C18H27N3O4/c1-4-13(2)16(17(23)24)20-15(22)10-11-19-18(25)21(3)12-14-8-6-5-7-9-14/h5-9,13,16H,4,10-12H2,1-3H3,(H,19,25)(H,20,22)(H,23,24). The van der Waals surface area contributed by atoms with Crippen molar-refractivity contribution in [2.75, 3.05) is 13.6 Å². The summed E-state index contributed by atoms with van der Waals surface area (Å²) in [7, 11) is 1.67. The molecule has 3 amide bonds. The van der Waals surface area contributed by atoms with Crippen molar-refractivity contribution in [2.45, 2.75) is 39.3 Å². The highest BCUT2D eigenvalue weighted by Gasteiger charge is 2.25. The fraction of sp³-hybridized carbons (Fsp3) is 0.500. The smallest absolute Gasteiger partial charge is 0.326 e. The number of carbonyl (C=O) groups is 3. The molecule has 1 aromatic rings. The number of urea groups is 1. The van der Waals surface area contributed by atoms with E-state index in [2.05, 4.69) is 10.6 Å². The number of benzene rings is 1. The largest absolute Gasteiger partial charge is 0.480 e. The van der Waals surface area contributed by atoms with Gasteiger partial charge < -0.3 is 20.6 Å². The molecule has 7 heteroatoms. The van der Waals surface area contributed by atoms with Crippen LogP contribution in [0.3, 0.4) is 0 Å². The van der Waals surface area contributed by atoms with E-state index in [9.17, 15) is 14.4 Å². The maximum Gasteiger partial charge on any atom is 0.326 e. The van der Waals surface area contributed by atoms with E-state index in [-0.39, 0.29) is 24.9 Å². The minimum atomic E-state index is -1.05. The van der Waals surface area contributed by atoms with Crippen molar-refractivity contribution >= 4 is 17.9 Å². The summed E-state index contributed by atoms with van der Waals surface area (Å²) >= 11 is 0. The predicted octanol–water partition coefficient (Wildman–Crippen LogP) is 1.83. The molecule has 0 aromatic heterocycles. The van der Waals surface area contributed by atoms with Crippen molar-refractivity contribution < 1.29 is 19.5 Å². The molecule has 0 aliphatic carbocycles. The summed E-state index contributed by atoms with van der Waals surface area (Å²) in [5.41, 5.74) is 1.01. The van der Waals surface area contributed by atoms with E-state index in [1.54, 1.807) is 14.0 Å². The highest BCUT2D eigenvalue weighted by molar-refractivity contribution is 5.84. The van der Waals surface area contributed by atoms with E-state index in [0.717, 1.165) is 5.56 Å². The number of carbonyl (C=O) groups excluding carboxylic acids is 2. The Morgan fingerprint density at radius 2 is 1.84 bits per heavy atom. The first kappa shape index (κ1) is 20.5. The van der Waals surface area contributed by atoms with Gasteiger partial charge in [-0.3, -0.25) is 4.79 Å². The third-order valence-electron chi connectivity index (χ3n) is 4.03. The SMILES string of the molecule is CCC(C)C(NC(=O)CCNC(=O)N(C)Cc1ccccc1)C(=O)O. The summed E-state index contributed by atoms with van der Waals surface area (Å²) in [6.07, 6.45) is 0.684. The van der Waals surface area contributed by atoms with Crippen molar-refractivity contribution in [3.8, 4) is 0 Å². The molecule has 0 saturated carbocycles. The van der Waals surface area contributed by atoms with Gasteiger partial charge in [0.25, 0.3) is 0 Å². The number of nitrogens with zero attached hydrogens (tertiary/aromatic N) is 1. The van der Waals surface area contributed by atoms with Crippen LogP contribution in [0.25, 0.3) is 0 Å². The number of hydrogen-bond donors (Lipinski definition) is 3. The van der Waals surface area contributed by atoms with E-state index in [1.165, 1.54) is 4.90 Å². The molecule has 0 saturated heterocycles. The fourth-order valence-corrected chi connectivity index (χ4v) is 2.28. The molecule has 3 N–H and O–H groups in total. The number of amides is 3. The first-order valence-corrected chi connectivity index (χ1v) is 8.40. The molecule has 0 aliphatic rings. The van der Waals surface area contributed by atoms with Crippen LogP contribution in [-0.2, 0) is 16.1 Å². The molecule has 7 nitrogen and oxygen atoms in total. The monoisotopic (exact) mass is 349 g/mol. The van der Waals surface area contributed by atoms with Gasteiger partial charge in [0.1, 0.15) is 6.04 Å². The lowest BCUT2D eigenvalue weighted by Crippen LogP contribution is -2.46. The molecule has 0 heterocycles. The van der Waals surface area contributed by atoms with Gasteiger partial charge in [0.2, 0.25) is 5.91 Å². The van der Waals surface area contributed by atoms with E-state index >= 15 is 0 Å². The topological polar surface area (TPSA) is 98.7 Å². The molecule has 0 bridgehead atoms. The van der Waals surface area contributed by atoms with Crippen LogP contribution < -0.4 is 10.6 Å². The zero-order chi connectivity index (χ0) is 18.8. The van der Waals surface area contributed by atoms with E-state index in [4.69, 9.17) is 5.11 Å². The molecule has 0 radical (unpaired) electrons. The summed E-state index contributed by atoms with van der Waals surface area (Å²) in [6.45, 7) is 4.26. The van der Waals surface area contributed by atoms with Gasteiger partial charge in [-0.2, -0.15) is 0 Å². The van der Waals surface area contributed by atoms with Gasteiger partial charge in [-0.1, -0.05) is 50.6 Å². The average Bonchev–Trinajstić information content (AvgIpc) is 2.59. The van der Waals surface area contributed by atoms with Gasteiger partial charge in [0.15, 0.2) is 0 Å². The lowest BCUT2D eigenvalue weighted by Gasteiger charge is -2.21. The maximum absolute atomic E-state index is 12.0. The zero-order valence-electron chi connectivity index (χ0n) is 15.0. The predicted molar refractivity (Wildman–Crippen MR) is 94.9 cm³/mol. The Hall–Kier alpha value is -2.57. The fourth-order valence-electron chi connectivity index (χ4n) is 2.28. The van der Waals surface area contributed by atoms with Gasteiger partial charge >= 0.3 is 12.0 Å². The summed E-state index contributed by atoms with van der Waals surface area (Å²) in [5, 5.41) is 14.3. The Labute approximate surface area is 148 Å². The summed E-state index contributed by atoms with van der Waals surface area (Å²) in [6, 6.07) is 8.38. The van der Waals surface area contributed by atoms with Gasteiger partial charge in [0, 0.05) is 26.6 Å². The Kier molecular flexibility index (Phi) is 8.46. The molecule has 2 atom stereocenters. The molecular weight excluding hydrogens is 322 g/mol. The average molecular weight is 349 g/mol. The van der Waals surface area contributed by atoms with Crippen LogP contribution in [0.15, 0.2) is 30.3 Å². The number of carboxylic acid groups (broad SMARTS) is 1. The van der Waals surface area contributed by atoms with E-state index in [0.29, 0.717) is 13.0 Å². The van der Waals surface area contributed by atoms with Crippen molar-refractivity contribution in [3.63, 3.8) is 0 Å². The lowest BCUT2D eigenvalue weighted by molar-refractivity contribution is -0.143. The van der Waals surface area contributed by atoms with Gasteiger partial charge in [-0.15, -0.1) is 0 Å². The quantitative estimate of drug-likeness (QED) is 0.633. The number of carboxylic acids is 1. The van der Waals surface area contributed by atoms with Crippen molar-refractivity contribution in [2.24, 2.45) is 5.92 Å².